The number of amides is 1. The van der Waals surface area contributed by atoms with Crippen LogP contribution >= 0.6 is 22.6 Å². The van der Waals surface area contributed by atoms with Gasteiger partial charge in [-0.1, -0.05) is 29.5 Å². The summed E-state index contributed by atoms with van der Waals surface area (Å²) >= 11 is 2.04. The fourth-order valence-electron chi connectivity index (χ4n) is 1.66. The summed E-state index contributed by atoms with van der Waals surface area (Å²) in [6.45, 7) is 5.16. The van der Waals surface area contributed by atoms with E-state index in [1.165, 1.54) is 0 Å². The summed E-state index contributed by atoms with van der Waals surface area (Å²) in [5, 5.41) is 0. The van der Waals surface area contributed by atoms with Crippen molar-refractivity contribution >= 4 is 34.5 Å². The summed E-state index contributed by atoms with van der Waals surface area (Å²) in [6.07, 6.45) is 2.19. The van der Waals surface area contributed by atoms with Crippen molar-refractivity contribution in [3.05, 3.63) is 0 Å². The van der Waals surface area contributed by atoms with Gasteiger partial charge in [0, 0.05) is 13.1 Å². The molecule has 1 amide bonds. The van der Waals surface area contributed by atoms with Gasteiger partial charge in [0.25, 0.3) is 5.91 Å². The van der Waals surface area contributed by atoms with Gasteiger partial charge < -0.3 is 9.64 Å². The van der Waals surface area contributed by atoms with Crippen LogP contribution in [0.3, 0.4) is 0 Å². The van der Waals surface area contributed by atoms with E-state index in [9.17, 15) is 9.59 Å². The molecule has 0 saturated carbocycles. The molecule has 1 saturated heterocycles. The van der Waals surface area contributed by atoms with E-state index in [0.717, 1.165) is 32.4 Å². The largest absolute Gasteiger partial charge is 0.452 e. The average molecular weight is 339 g/mol. The van der Waals surface area contributed by atoms with Crippen LogP contribution in [0.2, 0.25) is 0 Å². The van der Waals surface area contributed by atoms with Crippen LogP contribution in [0.5, 0.6) is 0 Å². The highest BCUT2D eigenvalue weighted by Gasteiger charge is 2.27. The number of halogens is 1. The minimum absolute atomic E-state index is 0.0643. The number of carbonyl (C=O) groups excluding carboxylic acids is 2. The fraction of sp³-hybridized carbons (Fsp3) is 0.818. The molecule has 0 aliphatic carbocycles. The Hall–Kier alpha value is -0.330. The Morgan fingerprint density at radius 1 is 1.38 bits per heavy atom. The van der Waals surface area contributed by atoms with Gasteiger partial charge in [-0.05, 0) is 26.2 Å². The monoisotopic (exact) mass is 339 g/mol. The number of rotatable bonds is 4. The molecular weight excluding hydrogens is 321 g/mol. The second kappa shape index (κ2) is 6.42. The second-order valence-electron chi connectivity index (χ2n) is 3.99. The molecule has 2 atom stereocenters. The Bertz CT molecular complexity index is 264. The van der Waals surface area contributed by atoms with E-state index in [2.05, 4.69) is 0 Å². The lowest BCUT2D eigenvalue weighted by molar-refractivity contribution is -0.157. The highest BCUT2D eigenvalue weighted by Crippen LogP contribution is 2.13. The molecule has 5 heteroatoms. The summed E-state index contributed by atoms with van der Waals surface area (Å²) in [6, 6.07) is 0. The first-order chi connectivity index (χ1) is 7.56. The first-order valence-corrected chi connectivity index (χ1v) is 6.94. The topological polar surface area (TPSA) is 46.6 Å². The van der Waals surface area contributed by atoms with Crippen molar-refractivity contribution in [2.24, 2.45) is 0 Å². The molecular formula is C11H18INO3. The number of esters is 1. The lowest BCUT2D eigenvalue weighted by Crippen LogP contribution is -2.39. The molecule has 1 aliphatic heterocycles. The van der Waals surface area contributed by atoms with Crippen LogP contribution in [0.15, 0.2) is 0 Å². The smallest absolute Gasteiger partial charge is 0.319 e. The van der Waals surface area contributed by atoms with E-state index in [1.54, 1.807) is 11.8 Å². The molecule has 1 aliphatic rings. The number of nitrogens with zero attached hydrogens (tertiary/aromatic N) is 1. The Morgan fingerprint density at radius 3 is 2.44 bits per heavy atom. The van der Waals surface area contributed by atoms with E-state index < -0.39 is 6.10 Å². The third-order valence-corrected chi connectivity index (χ3v) is 4.06. The van der Waals surface area contributed by atoms with Crippen molar-refractivity contribution < 1.29 is 14.3 Å². The molecule has 92 valence electrons. The zero-order valence-electron chi connectivity index (χ0n) is 9.74. The number of hydrogen-bond acceptors (Lipinski definition) is 3. The van der Waals surface area contributed by atoms with Crippen LogP contribution in [0.1, 0.15) is 33.1 Å². The maximum Gasteiger partial charge on any atom is 0.319 e. The molecule has 16 heavy (non-hydrogen) atoms. The SMILES string of the molecule is CCC(I)C(=O)O[C@@H](C)C(=O)N1CCCC1. The summed E-state index contributed by atoms with van der Waals surface area (Å²) < 4.78 is 4.98. The van der Waals surface area contributed by atoms with Gasteiger partial charge in [-0.2, -0.15) is 0 Å². The maximum absolute atomic E-state index is 11.8. The predicted octanol–water partition coefficient (Wildman–Crippen LogP) is 1.75. The molecule has 0 radical (unpaired) electrons. The first-order valence-electron chi connectivity index (χ1n) is 5.69. The van der Waals surface area contributed by atoms with Crippen molar-refractivity contribution in [3.8, 4) is 0 Å². The number of ether oxygens (including phenoxy) is 1. The van der Waals surface area contributed by atoms with Gasteiger partial charge in [0.15, 0.2) is 6.10 Å². The van der Waals surface area contributed by atoms with E-state index in [0.29, 0.717) is 0 Å². The van der Waals surface area contributed by atoms with Crippen molar-refractivity contribution in [1.29, 1.82) is 0 Å². The highest BCUT2D eigenvalue weighted by atomic mass is 127. The molecule has 1 rings (SSSR count). The first kappa shape index (κ1) is 13.7. The Kier molecular flexibility index (Phi) is 5.51. The Balaban J connectivity index is 2.41. The second-order valence-corrected chi connectivity index (χ2v) is 5.49. The average Bonchev–Trinajstić information content (AvgIpc) is 2.79. The molecule has 1 heterocycles. The molecule has 4 nitrogen and oxygen atoms in total. The molecule has 1 unspecified atom stereocenters. The van der Waals surface area contributed by atoms with Crippen molar-refractivity contribution in [2.45, 2.75) is 43.1 Å². The van der Waals surface area contributed by atoms with Gasteiger partial charge in [-0.15, -0.1) is 0 Å². The zero-order chi connectivity index (χ0) is 12.1. The van der Waals surface area contributed by atoms with Gasteiger partial charge in [0.1, 0.15) is 3.92 Å². The summed E-state index contributed by atoms with van der Waals surface area (Å²) in [7, 11) is 0. The van der Waals surface area contributed by atoms with E-state index >= 15 is 0 Å². The number of carbonyl (C=O) groups is 2. The lowest BCUT2D eigenvalue weighted by Gasteiger charge is -2.21. The van der Waals surface area contributed by atoms with Gasteiger partial charge in [-0.3, -0.25) is 9.59 Å². The number of hydrogen-bond donors (Lipinski definition) is 0. The van der Waals surface area contributed by atoms with Crippen LogP contribution in [0.25, 0.3) is 0 Å². The van der Waals surface area contributed by atoms with Gasteiger partial charge in [0.2, 0.25) is 0 Å². The summed E-state index contributed by atoms with van der Waals surface area (Å²) in [4.78, 5) is 25.1. The third-order valence-electron chi connectivity index (χ3n) is 2.67. The van der Waals surface area contributed by atoms with Crippen LogP contribution in [-0.2, 0) is 14.3 Å². The molecule has 0 N–H and O–H groups in total. The molecule has 0 spiro atoms. The van der Waals surface area contributed by atoms with Crippen LogP contribution in [0, 0.1) is 0 Å². The summed E-state index contributed by atoms with van der Waals surface area (Å²) in [5.41, 5.74) is 0. The fourth-order valence-corrected chi connectivity index (χ4v) is 1.81. The van der Waals surface area contributed by atoms with Crippen molar-refractivity contribution in [3.63, 3.8) is 0 Å². The quantitative estimate of drug-likeness (QED) is 0.445. The standard InChI is InChI=1S/C11H18INO3/c1-3-9(12)11(15)16-8(2)10(14)13-6-4-5-7-13/h8-9H,3-7H2,1-2H3/t8-,9?/m0/s1. The van der Waals surface area contributed by atoms with Gasteiger partial charge >= 0.3 is 5.97 Å². The van der Waals surface area contributed by atoms with Crippen LogP contribution in [0.4, 0.5) is 0 Å². The van der Waals surface area contributed by atoms with E-state index in [4.69, 9.17) is 4.74 Å². The molecule has 0 aromatic rings. The predicted molar refractivity (Wildman–Crippen MR) is 69.5 cm³/mol. The number of alkyl halides is 1. The maximum atomic E-state index is 11.8. The minimum Gasteiger partial charge on any atom is -0.452 e. The summed E-state index contributed by atoms with van der Waals surface area (Å²) in [5.74, 6) is -0.353. The zero-order valence-corrected chi connectivity index (χ0v) is 11.9. The minimum atomic E-state index is -0.644. The van der Waals surface area contributed by atoms with Gasteiger partial charge in [0.05, 0.1) is 0 Å². The normalized spacial score (nSPS) is 19.3. The Labute approximate surface area is 110 Å². The van der Waals surface area contributed by atoms with Crippen molar-refractivity contribution in [2.75, 3.05) is 13.1 Å². The molecule has 0 aromatic carbocycles. The van der Waals surface area contributed by atoms with Crippen molar-refractivity contribution in [1.82, 2.24) is 4.90 Å². The molecule has 0 bridgehead atoms. The third kappa shape index (κ3) is 3.61. The van der Waals surface area contributed by atoms with Crippen LogP contribution in [-0.4, -0.2) is 39.9 Å². The molecule has 0 aromatic heterocycles. The van der Waals surface area contributed by atoms with Crippen LogP contribution < -0.4 is 0 Å². The number of likely N-dealkylation sites (tertiary alicyclic amines) is 1. The van der Waals surface area contributed by atoms with E-state index in [-0.39, 0.29) is 15.8 Å². The van der Waals surface area contributed by atoms with Gasteiger partial charge in [-0.25, -0.2) is 0 Å². The Morgan fingerprint density at radius 2 is 1.94 bits per heavy atom. The lowest BCUT2D eigenvalue weighted by atomic mass is 10.3. The highest BCUT2D eigenvalue weighted by molar-refractivity contribution is 14.1. The molecule has 1 fully saturated rings. The van der Waals surface area contributed by atoms with E-state index in [1.807, 2.05) is 29.5 Å².